The third-order valence-corrected chi connectivity index (χ3v) is 6.16. The van der Waals surface area contributed by atoms with Crippen LogP contribution in [0.1, 0.15) is 16.5 Å². The maximum atomic E-state index is 4.02. The third-order valence-electron chi connectivity index (χ3n) is 5.06. The Kier molecular flexibility index (Phi) is 5.99. The Morgan fingerprint density at radius 2 is 1.18 bits per heavy atom. The SMILES string of the molecule is Cc1nnc(/C=C/c2ccc(-c3ccc(N(c4ccccc4)c4ccccc4)cc3)s2)nn1. The molecule has 5 nitrogen and oxygen atoms in total. The summed E-state index contributed by atoms with van der Waals surface area (Å²) in [5.74, 6) is 1.06. The van der Waals surface area contributed by atoms with Gasteiger partial charge in [-0.1, -0.05) is 48.5 Å². The molecule has 160 valence electrons. The van der Waals surface area contributed by atoms with E-state index in [0.29, 0.717) is 11.6 Å². The fourth-order valence-electron chi connectivity index (χ4n) is 3.48. The topological polar surface area (TPSA) is 54.8 Å². The van der Waals surface area contributed by atoms with Gasteiger partial charge in [-0.15, -0.1) is 31.7 Å². The van der Waals surface area contributed by atoms with Gasteiger partial charge in [0, 0.05) is 26.8 Å². The van der Waals surface area contributed by atoms with Gasteiger partial charge in [-0.2, -0.15) is 0 Å². The van der Waals surface area contributed by atoms with Crippen molar-refractivity contribution >= 4 is 40.6 Å². The Morgan fingerprint density at radius 1 is 0.606 bits per heavy atom. The molecule has 33 heavy (non-hydrogen) atoms. The van der Waals surface area contributed by atoms with Crippen LogP contribution in [0.2, 0.25) is 0 Å². The minimum atomic E-state index is 0.502. The Labute approximate surface area is 196 Å². The van der Waals surface area contributed by atoms with Crippen molar-refractivity contribution in [3.63, 3.8) is 0 Å². The molecule has 0 radical (unpaired) electrons. The van der Waals surface area contributed by atoms with E-state index < -0.39 is 0 Å². The van der Waals surface area contributed by atoms with Crippen LogP contribution in [0, 0.1) is 6.92 Å². The van der Waals surface area contributed by atoms with Crippen LogP contribution in [-0.4, -0.2) is 20.4 Å². The predicted molar refractivity (Wildman–Crippen MR) is 136 cm³/mol. The minimum Gasteiger partial charge on any atom is -0.311 e. The first-order valence-electron chi connectivity index (χ1n) is 10.6. The minimum absolute atomic E-state index is 0.502. The van der Waals surface area contributed by atoms with Crippen LogP contribution in [0.5, 0.6) is 0 Å². The number of aromatic nitrogens is 4. The van der Waals surface area contributed by atoms with E-state index in [9.17, 15) is 0 Å². The van der Waals surface area contributed by atoms with Crippen molar-refractivity contribution in [1.82, 2.24) is 20.4 Å². The summed E-state index contributed by atoms with van der Waals surface area (Å²) >= 11 is 1.72. The van der Waals surface area contributed by atoms with Crippen molar-refractivity contribution in [3.8, 4) is 10.4 Å². The summed E-state index contributed by atoms with van der Waals surface area (Å²) in [6.07, 6.45) is 3.82. The first kappa shape index (κ1) is 20.7. The lowest BCUT2D eigenvalue weighted by Gasteiger charge is -2.25. The first-order chi connectivity index (χ1) is 16.3. The Hall–Kier alpha value is -4.16. The van der Waals surface area contributed by atoms with Crippen molar-refractivity contribution in [1.29, 1.82) is 0 Å². The molecule has 3 aromatic carbocycles. The molecular weight excluding hydrogens is 426 g/mol. The van der Waals surface area contributed by atoms with E-state index in [0.717, 1.165) is 21.9 Å². The zero-order chi connectivity index (χ0) is 22.5. The molecule has 0 saturated heterocycles. The van der Waals surface area contributed by atoms with Gasteiger partial charge < -0.3 is 4.90 Å². The van der Waals surface area contributed by atoms with Gasteiger partial charge >= 0.3 is 0 Å². The molecule has 6 heteroatoms. The zero-order valence-corrected chi connectivity index (χ0v) is 18.9. The summed E-state index contributed by atoms with van der Waals surface area (Å²) in [7, 11) is 0. The highest BCUT2D eigenvalue weighted by atomic mass is 32.1. The number of nitrogens with zero attached hydrogens (tertiary/aromatic N) is 5. The summed E-state index contributed by atoms with van der Waals surface area (Å²) in [6.45, 7) is 1.77. The lowest BCUT2D eigenvalue weighted by Crippen LogP contribution is -2.09. The van der Waals surface area contributed by atoms with Crippen molar-refractivity contribution in [3.05, 3.63) is 114 Å². The summed E-state index contributed by atoms with van der Waals surface area (Å²) in [4.78, 5) is 4.58. The molecule has 0 saturated carbocycles. The summed E-state index contributed by atoms with van der Waals surface area (Å²) in [5, 5.41) is 15.9. The standard InChI is InChI=1S/C27H21N5S/c1-20-28-30-27(31-29-20)19-17-25-16-18-26(33-25)21-12-14-24(15-13-21)32(22-8-4-2-5-9-22)23-10-6-3-7-11-23/h2-19H,1H3/b19-17+. The van der Waals surface area contributed by atoms with Crippen molar-refractivity contribution < 1.29 is 0 Å². The number of thiophene rings is 1. The fraction of sp³-hybridized carbons (Fsp3) is 0.0370. The average Bonchev–Trinajstić information content (AvgIpc) is 3.35. The number of benzene rings is 3. The number of hydrogen-bond acceptors (Lipinski definition) is 6. The number of aryl methyl sites for hydroxylation is 1. The first-order valence-corrected chi connectivity index (χ1v) is 11.4. The zero-order valence-electron chi connectivity index (χ0n) is 18.0. The summed E-state index contributed by atoms with van der Waals surface area (Å²) < 4.78 is 0. The summed E-state index contributed by atoms with van der Waals surface area (Å²) in [5.41, 5.74) is 4.55. The second kappa shape index (κ2) is 9.54. The van der Waals surface area contributed by atoms with Crippen LogP contribution in [0.4, 0.5) is 17.1 Å². The number of hydrogen-bond donors (Lipinski definition) is 0. The maximum Gasteiger partial charge on any atom is 0.196 e. The normalized spacial score (nSPS) is 11.1. The molecule has 2 heterocycles. The Bertz CT molecular complexity index is 1310. The van der Waals surface area contributed by atoms with Gasteiger partial charge in [0.05, 0.1) is 0 Å². The van der Waals surface area contributed by atoms with E-state index in [4.69, 9.17) is 0 Å². The molecule has 0 unspecified atom stereocenters. The molecule has 2 aromatic heterocycles. The Morgan fingerprint density at radius 3 is 1.79 bits per heavy atom. The highest BCUT2D eigenvalue weighted by Gasteiger charge is 2.12. The van der Waals surface area contributed by atoms with Crippen LogP contribution >= 0.6 is 11.3 Å². The Balaban J connectivity index is 1.39. The van der Waals surface area contributed by atoms with E-state index in [1.807, 2.05) is 24.3 Å². The fourth-order valence-corrected chi connectivity index (χ4v) is 4.40. The maximum absolute atomic E-state index is 4.02. The van der Waals surface area contributed by atoms with Crippen LogP contribution < -0.4 is 4.90 Å². The van der Waals surface area contributed by atoms with Crippen molar-refractivity contribution in [2.45, 2.75) is 6.92 Å². The largest absolute Gasteiger partial charge is 0.311 e. The average molecular weight is 448 g/mol. The molecule has 5 aromatic rings. The molecule has 0 fully saturated rings. The van der Waals surface area contributed by atoms with E-state index in [1.165, 1.54) is 10.4 Å². The van der Waals surface area contributed by atoms with Gasteiger partial charge in [-0.25, -0.2) is 0 Å². The van der Waals surface area contributed by atoms with E-state index in [-0.39, 0.29) is 0 Å². The highest BCUT2D eigenvalue weighted by molar-refractivity contribution is 7.16. The van der Waals surface area contributed by atoms with Gasteiger partial charge in [0.2, 0.25) is 0 Å². The number of anilines is 3. The van der Waals surface area contributed by atoms with Gasteiger partial charge in [0.25, 0.3) is 0 Å². The quantitative estimate of drug-likeness (QED) is 0.282. The smallest absolute Gasteiger partial charge is 0.196 e. The summed E-state index contributed by atoms with van der Waals surface area (Å²) in [6, 6.07) is 33.8. The van der Waals surface area contributed by atoms with Crippen molar-refractivity contribution in [2.75, 3.05) is 4.90 Å². The number of rotatable bonds is 6. The highest BCUT2D eigenvalue weighted by Crippen LogP contribution is 2.36. The van der Waals surface area contributed by atoms with Gasteiger partial charge in [0.15, 0.2) is 11.6 Å². The van der Waals surface area contributed by atoms with Gasteiger partial charge in [-0.3, -0.25) is 0 Å². The van der Waals surface area contributed by atoms with Crippen LogP contribution in [0.15, 0.2) is 97.1 Å². The lowest BCUT2D eigenvalue weighted by atomic mass is 10.1. The van der Waals surface area contributed by atoms with E-state index >= 15 is 0 Å². The molecule has 0 bridgehead atoms. The number of para-hydroxylation sites is 2. The van der Waals surface area contributed by atoms with Crippen molar-refractivity contribution in [2.24, 2.45) is 0 Å². The van der Waals surface area contributed by atoms with Crippen LogP contribution in [-0.2, 0) is 0 Å². The van der Waals surface area contributed by atoms with E-state index in [1.54, 1.807) is 18.3 Å². The molecular formula is C27H21N5S. The molecule has 0 atom stereocenters. The van der Waals surface area contributed by atoms with Gasteiger partial charge in [-0.05, 0) is 73.2 Å². The molecule has 0 aliphatic rings. The molecule has 0 spiro atoms. The second-order valence-electron chi connectivity index (χ2n) is 7.39. The third kappa shape index (κ3) is 4.86. The molecule has 0 aliphatic heterocycles. The lowest BCUT2D eigenvalue weighted by molar-refractivity contribution is 0.795. The van der Waals surface area contributed by atoms with E-state index in [2.05, 4.69) is 110 Å². The molecule has 5 rings (SSSR count). The second-order valence-corrected chi connectivity index (χ2v) is 8.51. The van der Waals surface area contributed by atoms with Crippen LogP contribution in [0.3, 0.4) is 0 Å². The molecule has 0 aliphatic carbocycles. The monoisotopic (exact) mass is 447 g/mol. The van der Waals surface area contributed by atoms with Crippen LogP contribution in [0.25, 0.3) is 22.6 Å². The van der Waals surface area contributed by atoms with Gasteiger partial charge in [0.1, 0.15) is 0 Å². The predicted octanol–water partition coefficient (Wildman–Crippen LogP) is 6.94. The molecule has 0 N–H and O–H groups in total. The molecule has 0 amide bonds.